The summed E-state index contributed by atoms with van der Waals surface area (Å²) < 4.78 is 14.7. The fraction of sp³-hybridized carbons (Fsp3) is 0.500. The van der Waals surface area contributed by atoms with Crippen LogP contribution in [0.15, 0.2) is 30.3 Å². The van der Waals surface area contributed by atoms with Gasteiger partial charge in [-0.25, -0.2) is 14.4 Å². The molecule has 1 rings (SSSR count). The Bertz CT molecular complexity index is 751. The van der Waals surface area contributed by atoms with Crippen LogP contribution >= 0.6 is 11.8 Å². The van der Waals surface area contributed by atoms with Crippen molar-refractivity contribution in [2.24, 2.45) is 0 Å². The van der Waals surface area contributed by atoms with Crippen LogP contribution in [0, 0.1) is 0 Å². The van der Waals surface area contributed by atoms with Crippen molar-refractivity contribution in [1.82, 2.24) is 10.6 Å². The summed E-state index contributed by atoms with van der Waals surface area (Å²) in [4.78, 5) is 48.1. The summed E-state index contributed by atoms with van der Waals surface area (Å²) in [6.07, 6.45) is -1.73. The number of esters is 1. The lowest BCUT2D eigenvalue weighted by Crippen LogP contribution is -2.47. The van der Waals surface area contributed by atoms with Crippen molar-refractivity contribution in [3.63, 3.8) is 0 Å². The monoisotopic (exact) mass is 456 g/mol. The third-order valence-electron chi connectivity index (χ3n) is 3.54. The van der Waals surface area contributed by atoms with Gasteiger partial charge in [0.05, 0.1) is 13.7 Å². The lowest BCUT2D eigenvalue weighted by Gasteiger charge is -2.22. The fourth-order valence-electron chi connectivity index (χ4n) is 2.11. The Kier molecular flexibility index (Phi) is 10.8. The van der Waals surface area contributed by atoms with Crippen LogP contribution in [0.4, 0.5) is 9.59 Å². The summed E-state index contributed by atoms with van der Waals surface area (Å²) in [6, 6.07) is 6.50. The minimum absolute atomic E-state index is 0.00359. The number of hydrogen-bond donors (Lipinski definition) is 3. The quantitative estimate of drug-likeness (QED) is 0.373. The highest BCUT2D eigenvalue weighted by atomic mass is 32.2. The first-order chi connectivity index (χ1) is 14.6. The summed E-state index contributed by atoms with van der Waals surface area (Å²) in [5.41, 5.74) is -0.0206. The number of hydrogen-bond acceptors (Lipinski definition) is 9. The van der Waals surface area contributed by atoms with Gasteiger partial charge in [-0.1, -0.05) is 42.1 Å². The van der Waals surface area contributed by atoms with E-state index in [4.69, 9.17) is 9.47 Å². The molecule has 1 aromatic rings. The third kappa shape index (κ3) is 10.7. The second kappa shape index (κ2) is 12.8. The molecule has 0 fully saturated rings. The number of carbonyl (C=O) groups is 4. The van der Waals surface area contributed by atoms with Crippen molar-refractivity contribution in [2.45, 2.75) is 45.1 Å². The van der Waals surface area contributed by atoms with Crippen LogP contribution < -0.4 is 10.6 Å². The molecule has 3 N–H and O–H groups in total. The van der Waals surface area contributed by atoms with Crippen LogP contribution in [0.5, 0.6) is 0 Å². The zero-order valence-electron chi connectivity index (χ0n) is 17.9. The standard InChI is InChI=1S/C20H28N2O8S/c1-20(2,3)30-19(27)22-15(16(24)28-4)12-31-17(25)14(10-23)21-18(26)29-11-13-8-6-5-7-9-13/h5-9,14-15,23H,10-12H2,1-4H3,(H,21,26)(H,22,27)/t14-,15+/m1/s1. The van der Waals surface area contributed by atoms with Gasteiger partial charge in [0.1, 0.15) is 24.3 Å². The van der Waals surface area contributed by atoms with E-state index < -0.39 is 47.6 Å². The van der Waals surface area contributed by atoms with Crippen molar-refractivity contribution >= 4 is 35.0 Å². The molecule has 172 valence electrons. The van der Waals surface area contributed by atoms with Crippen molar-refractivity contribution < 1.29 is 38.5 Å². The highest BCUT2D eigenvalue weighted by molar-refractivity contribution is 8.13. The fourth-order valence-corrected chi connectivity index (χ4v) is 3.00. The van der Waals surface area contributed by atoms with E-state index in [-0.39, 0.29) is 12.4 Å². The lowest BCUT2D eigenvalue weighted by molar-refractivity contribution is -0.142. The second-order valence-electron chi connectivity index (χ2n) is 7.29. The molecule has 1 aromatic carbocycles. The summed E-state index contributed by atoms with van der Waals surface area (Å²) in [5.74, 6) is -0.968. The number of aliphatic hydroxyl groups is 1. The van der Waals surface area contributed by atoms with Crippen LogP contribution in [0.2, 0.25) is 0 Å². The van der Waals surface area contributed by atoms with E-state index in [1.807, 2.05) is 6.07 Å². The second-order valence-corrected chi connectivity index (χ2v) is 8.32. The molecule has 31 heavy (non-hydrogen) atoms. The van der Waals surface area contributed by atoms with Crippen LogP contribution in [-0.4, -0.2) is 65.5 Å². The van der Waals surface area contributed by atoms with Gasteiger partial charge in [0.2, 0.25) is 5.12 Å². The first kappa shape index (κ1) is 26.2. The van der Waals surface area contributed by atoms with Gasteiger partial charge in [-0.3, -0.25) is 4.79 Å². The molecule has 0 bridgehead atoms. The average molecular weight is 457 g/mol. The van der Waals surface area contributed by atoms with Crippen molar-refractivity contribution in [2.75, 3.05) is 19.5 Å². The minimum Gasteiger partial charge on any atom is -0.467 e. The molecule has 2 amide bonds. The number of ether oxygens (including phenoxy) is 3. The number of thioether (sulfide) groups is 1. The molecule has 0 aliphatic carbocycles. The summed E-state index contributed by atoms with van der Waals surface area (Å²) >= 11 is 0.637. The maximum absolute atomic E-state index is 12.4. The zero-order chi connectivity index (χ0) is 23.4. The Hall–Kier alpha value is -2.79. The molecule has 0 aromatic heterocycles. The number of methoxy groups -OCH3 is 1. The summed E-state index contributed by atoms with van der Waals surface area (Å²) in [6.45, 7) is 4.30. The first-order valence-corrected chi connectivity index (χ1v) is 10.4. The molecule has 0 aliphatic rings. The molecule has 0 radical (unpaired) electrons. The molecule has 0 spiro atoms. The largest absolute Gasteiger partial charge is 0.467 e. The molecule has 0 unspecified atom stereocenters. The number of amides is 2. The molecule has 10 nitrogen and oxygen atoms in total. The van der Waals surface area contributed by atoms with Crippen LogP contribution in [0.1, 0.15) is 26.3 Å². The number of alkyl carbamates (subject to hydrolysis) is 2. The van der Waals surface area contributed by atoms with Crippen molar-refractivity contribution in [1.29, 1.82) is 0 Å². The van der Waals surface area contributed by atoms with E-state index >= 15 is 0 Å². The molecule has 2 atom stereocenters. The van der Waals surface area contributed by atoms with Gasteiger partial charge in [-0.15, -0.1) is 0 Å². The smallest absolute Gasteiger partial charge is 0.408 e. The van der Waals surface area contributed by atoms with E-state index in [2.05, 4.69) is 15.4 Å². The predicted molar refractivity (Wildman–Crippen MR) is 113 cm³/mol. The van der Waals surface area contributed by atoms with Crippen LogP contribution in [0.3, 0.4) is 0 Å². The lowest BCUT2D eigenvalue weighted by atomic mass is 10.2. The Morgan fingerprint density at radius 2 is 1.65 bits per heavy atom. The van der Waals surface area contributed by atoms with Gasteiger partial charge in [-0.05, 0) is 26.3 Å². The number of nitrogens with one attached hydrogen (secondary N) is 2. The van der Waals surface area contributed by atoms with E-state index in [1.54, 1.807) is 45.0 Å². The Morgan fingerprint density at radius 3 is 2.19 bits per heavy atom. The SMILES string of the molecule is COC(=O)[C@H](CSC(=O)[C@@H](CO)NC(=O)OCc1ccccc1)NC(=O)OC(C)(C)C. The Balaban J connectivity index is 2.58. The maximum Gasteiger partial charge on any atom is 0.408 e. The summed E-state index contributed by atoms with van der Waals surface area (Å²) in [5, 5.41) is 13.4. The van der Waals surface area contributed by atoms with Crippen LogP contribution in [-0.2, 0) is 30.4 Å². The van der Waals surface area contributed by atoms with E-state index in [0.29, 0.717) is 11.8 Å². The molecule has 0 aliphatic heterocycles. The molecular weight excluding hydrogens is 428 g/mol. The zero-order valence-corrected chi connectivity index (χ0v) is 18.7. The van der Waals surface area contributed by atoms with Crippen molar-refractivity contribution in [3.8, 4) is 0 Å². The van der Waals surface area contributed by atoms with E-state index in [1.165, 1.54) is 0 Å². The summed E-state index contributed by atoms with van der Waals surface area (Å²) in [7, 11) is 1.14. The van der Waals surface area contributed by atoms with Gasteiger partial charge < -0.3 is 30.0 Å². The van der Waals surface area contributed by atoms with Gasteiger partial charge in [0, 0.05) is 5.75 Å². The third-order valence-corrected chi connectivity index (χ3v) is 4.61. The molecule has 0 heterocycles. The number of aliphatic hydroxyl groups excluding tert-OH is 1. The highest BCUT2D eigenvalue weighted by Gasteiger charge is 2.28. The maximum atomic E-state index is 12.4. The first-order valence-electron chi connectivity index (χ1n) is 9.37. The normalized spacial score (nSPS) is 12.8. The Morgan fingerprint density at radius 1 is 1.03 bits per heavy atom. The minimum atomic E-state index is -1.26. The number of rotatable bonds is 9. The average Bonchev–Trinajstić information content (AvgIpc) is 2.72. The highest BCUT2D eigenvalue weighted by Crippen LogP contribution is 2.12. The predicted octanol–water partition coefficient (Wildman–Crippen LogP) is 1.60. The van der Waals surface area contributed by atoms with Gasteiger partial charge >= 0.3 is 18.2 Å². The van der Waals surface area contributed by atoms with Gasteiger partial charge in [0.15, 0.2) is 0 Å². The van der Waals surface area contributed by atoms with Gasteiger partial charge in [0.25, 0.3) is 0 Å². The van der Waals surface area contributed by atoms with E-state index in [0.717, 1.165) is 12.7 Å². The van der Waals surface area contributed by atoms with E-state index in [9.17, 15) is 24.3 Å². The number of carbonyl (C=O) groups excluding carboxylic acids is 4. The molecule has 0 saturated heterocycles. The molecule has 0 saturated carbocycles. The molecule has 11 heteroatoms. The molecular formula is C20H28N2O8S. The van der Waals surface area contributed by atoms with Gasteiger partial charge in [-0.2, -0.15) is 0 Å². The van der Waals surface area contributed by atoms with Crippen LogP contribution in [0.25, 0.3) is 0 Å². The number of benzene rings is 1. The Labute approximate surface area is 185 Å². The topological polar surface area (TPSA) is 140 Å². The van der Waals surface area contributed by atoms with Crippen molar-refractivity contribution in [3.05, 3.63) is 35.9 Å².